The molecule has 0 aliphatic carbocycles. The van der Waals surface area contributed by atoms with Crippen molar-refractivity contribution in [2.24, 2.45) is 5.92 Å². The van der Waals surface area contributed by atoms with E-state index in [-0.39, 0.29) is 24.0 Å². The summed E-state index contributed by atoms with van der Waals surface area (Å²) in [6, 6.07) is 0.131. The molecule has 2 aliphatic heterocycles. The fraction of sp³-hybridized carbons (Fsp3) is 0.889. The van der Waals surface area contributed by atoms with E-state index in [0.717, 1.165) is 19.6 Å². The van der Waals surface area contributed by atoms with Crippen LogP contribution in [-0.4, -0.2) is 49.9 Å². The highest BCUT2D eigenvalue weighted by molar-refractivity contribution is 5.74. The van der Waals surface area contributed by atoms with E-state index in [1.165, 1.54) is 7.11 Å². The number of hydrogen-bond acceptors (Lipinski definition) is 5. The van der Waals surface area contributed by atoms with E-state index in [4.69, 9.17) is 9.57 Å². The van der Waals surface area contributed by atoms with Crippen LogP contribution < -0.4 is 5.32 Å². The normalized spacial score (nSPS) is 38.0. The second-order valence-corrected chi connectivity index (χ2v) is 3.77. The lowest BCUT2D eigenvalue weighted by Gasteiger charge is -2.29. The van der Waals surface area contributed by atoms with Crippen molar-refractivity contribution >= 4 is 5.97 Å². The number of methoxy groups -OCH3 is 1. The van der Waals surface area contributed by atoms with Crippen LogP contribution in [0.25, 0.3) is 0 Å². The molecule has 1 N–H and O–H groups in total. The van der Waals surface area contributed by atoms with Crippen molar-refractivity contribution in [3.63, 3.8) is 0 Å². The van der Waals surface area contributed by atoms with Gasteiger partial charge in [0.15, 0.2) is 0 Å². The average Bonchev–Trinajstić information content (AvgIpc) is 2.53. The molecule has 14 heavy (non-hydrogen) atoms. The van der Waals surface area contributed by atoms with Crippen LogP contribution in [0.2, 0.25) is 0 Å². The first-order chi connectivity index (χ1) is 6.74. The van der Waals surface area contributed by atoms with Crippen LogP contribution in [0.5, 0.6) is 0 Å². The maximum absolute atomic E-state index is 11.5. The van der Waals surface area contributed by atoms with Gasteiger partial charge < -0.3 is 10.1 Å². The van der Waals surface area contributed by atoms with Crippen molar-refractivity contribution in [3.05, 3.63) is 0 Å². The zero-order valence-electron chi connectivity index (χ0n) is 8.53. The third-order valence-electron chi connectivity index (χ3n) is 2.93. The van der Waals surface area contributed by atoms with Gasteiger partial charge in [0.05, 0.1) is 19.3 Å². The first kappa shape index (κ1) is 9.89. The minimum atomic E-state index is -0.172. The van der Waals surface area contributed by atoms with Gasteiger partial charge in [-0.05, 0) is 6.92 Å². The van der Waals surface area contributed by atoms with Gasteiger partial charge in [-0.15, -0.1) is 0 Å². The van der Waals surface area contributed by atoms with Crippen LogP contribution in [0.3, 0.4) is 0 Å². The molecule has 0 amide bonds. The topological polar surface area (TPSA) is 50.8 Å². The Morgan fingerprint density at radius 3 is 3.14 bits per heavy atom. The van der Waals surface area contributed by atoms with E-state index in [0.29, 0.717) is 0 Å². The fourth-order valence-electron chi connectivity index (χ4n) is 2.22. The standard InChI is InChI=1S/C9H16N2O3/c1-6-8(9(12)13-2)7-5-10-3-4-11(7)14-6/h6-8,10H,3-5H2,1-2H3/t6-,7+,8-/m1/s1. The second kappa shape index (κ2) is 3.84. The van der Waals surface area contributed by atoms with Gasteiger partial charge in [-0.1, -0.05) is 0 Å². The Hall–Kier alpha value is -0.650. The Balaban J connectivity index is 2.11. The van der Waals surface area contributed by atoms with E-state index in [1.54, 1.807) is 0 Å². The monoisotopic (exact) mass is 200 g/mol. The summed E-state index contributed by atoms with van der Waals surface area (Å²) in [5.41, 5.74) is 0. The summed E-state index contributed by atoms with van der Waals surface area (Å²) in [5, 5.41) is 5.16. The molecule has 2 fully saturated rings. The minimum absolute atomic E-state index is 0.0765. The molecule has 80 valence electrons. The van der Waals surface area contributed by atoms with E-state index in [9.17, 15) is 4.79 Å². The quantitative estimate of drug-likeness (QED) is 0.572. The average molecular weight is 200 g/mol. The van der Waals surface area contributed by atoms with E-state index in [1.807, 2.05) is 12.0 Å². The molecule has 0 aromatic rings. The molecule has 2 rings (SSSR count). The number of ether oxygens (including phenoxy) is 1. The molecule has 5 heteroatoms. The van der Waals surface area contributed by atoms with E-state index < -0.39 is 0 Å². The molecular weight excluding hydrogens is 184 g/mol. The number of carbonyl (C=O) groups excluding carboxylic acids is 1. The van der Waals surface area contributed by atoms with E-state index in [2.05, 4.69) is 5.32 Å². The van der Waals surface area contributed by atoms with Crippen molar-refractivity contribution in [2.75, 3.05) is 26.7 Å². The van der Waals surface area contributed by atoms with E-state index >= 15 is 0 Å². The molecule has 5 nitrogen and oxygen atoms in total. The van der Waals surface area contributed by atoms with Crippen molar-refractivity contribution in [1.29, 1.82) is 0 Å². The summed E-state index contributed by atoms with van der Waals surface area (Å²) in [4.78, 5) is 17.1. The third kappa shape index (κ3) is 1.51. The number of fused-ring (bicyclic) bond motifs is 1. The zero-order chi connectivity index (χ0) is 10.1. The molecule has 3 atom stereocenters. The maximum Gasteiger partial charge on any atom is 0.313 e. The Morgan fingerprint density at radius 2 is 2.43 bits per heavy atom. The molecule has 2 aliphatic rings. The largest absolute Gasteiger partial charge is 0.469 e. The molecule has 0 spiro atoms. The lowest BCUT2D eigenvalue weighted by atomic mass is 9.95. The summed E-state index contributed by atoms with van der Waals surface area (Å²) in [6.07, 6.45) is -0.0765. The van der Waals surface area contributed by atoms with Crippen LogP contribution in [0.15, 0.2) is 0 Å². The molecular formula is C9H16N2O3. The molecule has 2 heterocycles. The smallest absolute Gasteiger partial charge is 0.313 e. The Labute approximate surface area is 83.3 Å². The summed E-state index contributed by atoms with van der Waals surface area (Å²) in [6.45, 7) is 4.46. The molecule has 2 saturated heterocycles. The highest BCUT2D eigenvalue weighted by Crippen LogP contribution is 2.29. The SMILES string of the molecule is COC(=O)[C@@H]1[C@@H](C)ON2CCNC[C@@H]12. The summed E-state index contributed by atoms with van der Waals surface area (Å²) >= 11 is 0. The molecule has 0 radical (unpaired) electrons. The van der Waals surface area contributed by atoms with Gasteiger partial charge in [-0.3, -0.25) is 9.63 Å². The first-order valence-corrected chi connectivity index (χ1v) is 4.96. The number of hydroxylamine groups is 2. The summed E-state index contributed by atoms with van der Waals surface area (Å²) in [5.74, 6) is -0.332. The van der Waals surface area contributed by atoms with Crippen molar-refractivity contribution < 1.29 is 14.4 Å². The number of piperazine rings is 1. The van der Waals surface area contributed by atoms with Crippen molar-refractivity contribution in [3.8, 4) is 0 Å². The number of nitrogens with one attached hydrogen (secondary N) is 1. The third-order valence-corrected chi connectivity index (χ3v) is 2.93. The predicted molar refractivity (Wildman–Crippen MR) is 49.4 cm³/mol. The molecule has 0 aromatic carbocycles. The van der Waals surface area contributed by atoms with Crippen LogP contribution in [0.4, 0.5) is 0 Å². The number of rotatable bonds is 1. The van der Waals surface area contributed by atoms with Gasteiger partial charge in [0.1, 0.15) is 5.92 Å². The lowest BCUT2D eigenvalue weighted by Crippen LogP contribution is -2.50. The lowest BCUT2D eigenvalue weighted by molar-refractivity contribution is -0.163. The van der Waals surface area contributed by atoms with Crippen LogP contribution in [0.1, 0.15) is 6.92 Å². The maximum atomic E-state index is 11.5. The Bertz CT molecular complexity index is 234. The minimum Gasteiger partial charge on any atom is -0.469 e. The van der Waals surface area contributed by atoms with Crippen LogP contribution in [-0.2, 0) is 14.4 Å². The van der Waals surface area contributed by atoms with Gasteiger partial charge in [0, 0.05) is 19.6 Å². The first-order valence-electron chi connectivity index (χ1n) is 4.96. The number of carbonyl (C=O) groups is 1. The zero-order valence-corrected chi connectivity index (χ0v) is 8.53. The summed E-state index contributed by atoms with van der Waals surface area (Å²) in [7, 11) is 1.42. The fourth-order valence-corrected chi connectivity index (χ4v) is 2.22. The van der Waals surface area contributed by atoms with Gasteiger partial charge in [0.2, 0.25) is 0 Å². The molecule has 0 saturated carbocycles. The Kier molecular flexibility index (Phi) is 2.71. The van der Waals surface area contributed by atoms with Gasteiger partial charge in [-0.25, -0.2) is 0 Å². The van der Waals surface area contributed by atoms with Gasteiger partial charge in [0.25, 0.3) is 0 Å². The predicted octanol–water partition coefficient (Wildman–Crippen LogP) is -0.617. The highest BCUT2D eigenvalue weighted by Gasteiger charge is 2.46. The molecule has 0 aromatic heterocycles. The van der Waals surface area contributed by atoms with Crippen LogP contribution >= 0.6 is 0 Å². The Morgan fingerprint density at radius 1 is 1.64 bits per heavy atom. The van der Waals surface area contributed by atoms with Gasteiger partial charge in [-0.2, -0.15) is 5.06 Å². The number of hydrogen-bond donors (Lipinski definition) is 1. The number of nitrogens with zero attached hydrogens (tertiary/aromatic N) is 1. The van der Waals surface area contributed by atoms with Crippen molar-refractivity contribution in [1.82, 2.24) is 10.4 Å². The summed E-state index contributed by atoms with van der Waals surface area (Å²) < 4.78 is 4.78. The van der Waals surface area contributed by atoms with Crippen molar-refractivity contribution in [2.45, 2.75) is 19.1 Å². The molecule has 0 bridgehead atoms. The van der Waals surface area contributed by atoms with Gasteiger partial charge >= 0.3 is 5.97 Å². The molecule has 0 unspecified atom stereocenters. The highest BCUT2D eigenvalue weighted by atomic mass is 16.7. The van der Waals surface area contributed by atoms with Crippen LogP contribution in [0, 0.1) is 5.92 Å². The number of esters is 1. The second-order valence-electron chi connectivity index (χ2n) is 3.77.